The number of rotatable bonds is 7. The van der Waals surface area contributed by atoms with Crippen LogP contribution in [0.4, 0.5) is 0 Å². The third-order valence-electron chi connectivity index (χ3n) is 4.81. The van der Waals surface area contributed by atoms with Crippen molar-refractivity contribution in [3.05, 3.63) is 64.7 Å². The fourth-order valence-corrected chi connectivity index (χ4v) is 4.34. The monoisotopic (exact) mass is 402 g/mol. The van der Waals surface area contributed by atoms with Crippen molar-refractivity contribution in [2.45, 2.75) is 49.4 Å². The fourth-order valence-electron chi connectivity index (χ4n) is 3.32. The summed E-state index contributed by atoms with van der Waals surface area (Å²) in [4.78, 5) is 16.0. The molecule has 2 aromatic rings. The molecule has 1 amide bonds. The number of amides is 1. The van der Waals surface area contributed by atoms with Gasteiger partial charge < -0.3 is 5.32 Å². The van der Waals surface area contributed by atoms with Crippen LogP contribution < -0.4 is 5.32 Å². The van der Waals surface area contributed by atoms with Gasteiger partial charge in [-0.15, -0.1) is 11.8 Å². The molecule has 5 heteroatoms. The summed E-state index contributed by atoms with van der Waals surface area (Å²) in [6.07, 6.45) is 3.96. The number of hydrogen-bond donors (Lipinski definition) is 1. The number of halogens is 1. The summed E-state index contributed by atoms with van der Waals surface area (Å²) >= 11 is 7.46. The highest BCUT2D eigenvalue weighted by Gasteiger charge is 2.14. The number of benzene rings is 2. The first-order valence-electron chi connectivity index (χ1n) is 9.60. The lowest BCUT2D eigenvalue weighted by molar-refractivity contribution is -0.120. The number of hydrogen-bond acceptors (Lipinski definition) is 3. The van der Waals surface area contributed by atoms with Crippen molar-refractivity contribution in [2.24, 2.45) is 0 Å². The molecule has 1 heterocycles. The maximum Gasteiger partial charge on any atom is 0.233 e. The Labute approximate surface area is 171 Å². The van der Waals surface area contributed by atoms with Crippen molar-refractivity contribution in [3.8, 4) is 0 Å². The van der Waals surface area contributed by atoms with E-state index in [0.29, 0.717) is 11.6 Å². The predicted molar refractivity (Wildman–Crippen MR) is 114 cm³/mol. The molecule has 0 saturated carbocycles. The highest BCUT2D eigenvalue weighted by Crippen LogP contribution is 2.24. The first-order valence-corrected chi connectivity index (χ1v) is 10.9. The SMILES string of the molecule is C[C@H](Sc1ccc(Cl)cc1)C(=O)NCc1cccc(CN2CCCCC2)c1. The van der Waals surface area contributed by atoms with Crippen LogP contribution in [0.25, 0.3) is 0 Å². The van der Waals surface area contributed by atoms with E-state index in [-0.39, 0.29) is 11.2 Å². The van der Waals surface area contributed by atoms with Gasteiger partial charge in [-0.25, -0.2) is 0 Å². The maximum atomic E-state index is 12.4. The van der Waals surface area contributed by atoms with Crippen LogP contribution >= 0.6 is 23.4 Å². The van der Waals surface area contributed by atoms with E-state index in [0.717, 1.165) is 17.0 Å². The molecule has 3 rings (SSSR count). The molecule has 0 spiro atoms. The van der Waals surface area contributed by atoms with Gasteiger partial charge in [-0.2, -0.15) is 0 Å². The quantitative estimate of drug-likeness (QED) is 0.652. The van der Waals surface area contributed by atoms with Gasteiger partial charge in [-0.05, 0) is 68.2 Å². The van der Waals surface area contributed by atoms with Gasteiger partial charge in [0.05, 0.1) is 5.25 Å². The summed E-state index contributed by atoms with van der Waals surface area (Å²) in [5.41, 5.74) is 2.48. The van der Waals surface area contributed by atoms with Crippen molar-refractivity contribution < 1.29 is 4.79 Å². The van der Waals surface area contributed by atoms with Crippen LogP contribution in [0.5, 0.6) is 0 Å². The Balaban J connectivity index is 1.49. The van der Waals surface area contributed by atoms with Gasteiger partial charge in [0, 0.05) is 23.0 Å². The highest BCUT2D eigenvalue weighted by molar-refractivity contribution is 8.00. The standard InChI is InChI=1S/C22H27ClN2OS/c1-17(27-21-10-8-20(23)9-11-21)22(26)24-15-18-6-5-7-19(14-18)16-25-12-3-2-4-13-25/h5-11,14,17H,2-4,12-13,15-16H2,1H3,(H,24,26)/t17-/m0/s1. The lowest BCUT2D eigenvalue weighted by Crippen LogP contribution is -2.30. The lowest BCUT2D eigenvalue weighted by atomic mass is 10.1. The summed E-state index contributed by atoms with van der Waals surface area (Å²) in [6, 6.07) is 16.2. The molecule has 1 atom stereocenters. The molecule has 27 heavy (non-hydrogen) atoms. The molecule has 1 aliphatic rings. The zero-order valence-electron chi connectivity index (χ0n) is 15.8. The van der Waals surface area contributed by atoms with Gasteiger partial charge in [-0.3, -0.25) is 9.69 Å². The molecule has 0 aromatic heterocycles. The number of carbonyl (C=O) groups excluding carboxylic acids is 1. The zero-order valence-corrected chi connectivity index (χ0v) is 17.4. The Morgan fingerprint density at radius 1 is 1.11 bits per heavy atom. The fraction of sp³-hybridized carbons (Fsp3) is 0.409. The Kier molecular flexibility index (Phi) is 7.62. The minimum Gasteiger partial charge on any atom is -0.351 e. The molecule has 1 fully saturated rings. The topological polar surface area (TPSA) is 32.3 Å². The molecule has 1 N–H and O–H groups in total. The zero-order chi connectivity index (χ0) is 19.1. The number of likely N-dealkylation sites (tertiary alicyclic amines) is 1. The van der Waals surface area contributed by atoms with E-state index in [9.17, 15) is 4.79 Å². The molecule has 0 radical (unpaired) electrons. The average Bonchev–Trinajstić information content (AvgIpc) is 2.69. The molecule has 1 saturated heterocycles. The summed E-state index contributed by atoms with van der Waals surface area (Å²) in [7, 11) is 0. The minimum absolute atomic E-state index is 0.0522. The van der Waals surface area contributed by atoms with Crippen LogP contribution in [-0.4, -0.2) is 29.1 Å². The van der Waals surface area contributed by atoms with Crippen LogP contribution in [-0.2, 0) is 17.9 Å². The molecule has 0 bridgehead atoms. The van der Waals surface area contributed by atoms with Gasteiger partial charge in [0.15, 0.2) is 0 Å². The maximum absolute atomic E-state index is 12.4. The molecule has 1 aliphatic heterocycles. The van der Waals surface area contributed by atoms with Crippen LogP contribution in [0.3, 0.4) is 0 Å². The third kappa shape index (κ3) is 6.56. The van der Waals surface area contributed by atoms with Crippen molar-refractivity contribution in [1.29, 1.82) is 0 Å². The Hall–Kier alpha value is -1.49. The van der Waals surface area contributed by atoms with Gasteiger partial charge >= 0.3 is 0 Å². The molecule has 2 aromatic carbocycles. The van der Waals surface area contributed by atoms with Crippen molar-refractivity contribution >= 4 is 29.3 Å². The van der Waals surface area contributed by atoms with Crippen molar-refractivity contribution in [3.63, 3.8) is 0 Å². The second-order valence-corrected chi connectivity index (χ2v) is 8.94. The summed E-state index contributed by atoms with van der Waals surface area (Å²) < 4.78 is 0. The average molecular weight is 403 g/mol. The highest BCUT2D eigenvalue weighted by atomic mass is 35.5. The second kappa shape index (κ2) is 10.2. The van der Waals surface area contributed by atoms with Crippen LogP contribution in [0.15, 0.2) is 53.4 Å². The summed E-state index contributed by atoms with van der Waals surface area (Å²) in [5, 5.41) is 3.62. The number of nitrogens with one attached hydrogen (secondary N) is 1. The van der Waals surface area contributed by atoms with Crippen LogP contribution in [0, 0.1) is 0 Å². The van der Waals surface area contributed by atoms with Crippen molar-refractivity contribution in [2.75, 3.05) is 13.1 Å². The van der Waals surface area contributed by atoms with Crippen molar-refractivity contribution in [1.82, 2.24) is 10.2 Å². The van der Waals surface area contributed by atoms with Gasteiger partial charge in [0.1, 0.15) is 0 Å². The number of nitrogens with zero attached hydrogens (tertiary/aromatic N) is 1. The second-order valence-electron chi connectivity index (χ2n) is 7.09. The first kappa shape index (κ1) is 20.2. The predicted octanol–water partition coefficient (Wildman–Crippen LogP) is 5.12. The Morgan fingerprint density at radius 2 is 1.81 bits per heavy atom. The van der Waals surface area contributed by atoms with Gasteiger partial charge in [0.2, 0.25) is 5.91 Å². The summed E-state index contributed by atoms with van der Waals surface area (Å²) in [5.74, 6) is 0.0522. The molecular formula is C22H27ClN2OS. The Morgan fingerprint density at radius 3 is 2.56 bits per heavy atom. The molecule has 0 unspecified atom stereocenters. The molecule has 3 nitrogen and oxygen atoms in total. The minimum atomic E-state index is -0.150. The van der Waals surface area contributed by atoms with E-state index in [2.05, 4.69) is 34.5 Å². The van der Waals surface area contributed by atoms with E-state index in [1.807, 2.05) is 31.2 Å². The van der Waals surface area contributed by atoms with Crippen LogP contribution in [0.1, 0.15) is 37.3 Å². The van der Waals surface area contributed by atoms with E-state index in [1.54, 1.807) is 11.8 Å². The van der Waals surface area contributed by atoms with Gasteiger partial charge in [0.25, 0.3) is 0 Å². The smallest absolute Gasteiger partial charge is 0.233 e. The normalized spacial score (nSPS) is 16.1. The number of piperidine rings is 1. The van der Waals surface area contributed by atoms with Crippen LogP contribution in [0.2, 0.25) is 5.02 Å². The van der Waals surface area contributed by atoms with E-state index in [1.165, 1.54) is 37.9 Å². The van der Waals surface area contributed by atoms with Gasteiger partial charge in [-0.1, -0.05) is 42.3 Å². The summed E-state index contributed by atoms with van der Waals surface area (Å²) in [6.45, 7) is 5.89. The molecule has 144 valence electrons. The Bertz CT molecular complexity index is 744. The number of carbonyl (C=O) groups is 1. The van der Waals surface area contributed by atoms with E-state index >= 15 is 0 Å². The molecule has 0 aliphatic carbocycles. The number of thioether (sulfide) groups is 1. The van der Waals surface area contributed by atoms with E-state index < -0.39 is 0 Å². The molecular weight excluding hydrogens is 376 g/mol. The largest absolute Gasteiger partial charge is 0.351 e. The first-order chi connectivity index (χ1) is 13.1. The third-order valence-corrected chi connectivity index (χ3v) is 6.17. The van der Waals surface area contributed by atoms with E-state index in [4.69, 9.17) is 11.6 Å². The lowest BCUT2D eigenvalue weighted by Gasteiger charge is -2.26.